The van der Waals surface area contributed by atoms with Crippen molar-refractivity contribution in [1.29, 1.82) is 0 Å². The number of aryl methyl sites for hydroxylation is 1. The molecular weight excluding hydrogens is 194 g/mol. The van der Waals surface area contributed by atoms with Crippen molar-refractivity contribution in [3.63, 3.8) is 0 Å². The van der Waals surface area contributed by atoms with Gasteiger partial charge in [0.2, 0.25) is 0 Å². The zero-order chi connectivity index (χ0) is 10.7. The van der Waals surface area contributed by atoms with Gasteiger partial charge in [-0.2, -0.15) is 4.80 Å². The van der Waals surface area contributed by atoms with E-state index in [-0.39, 0.29) is 0 Å². The van der Waals surface area contributed by atoms with Gasteiger partial charge in [0.1, 0.15) is 0 Å². The van der Waals surface area contributed by atoms with E-state index in [1.54, 1.807) is 7.05 Å². The van der Waals surface area contributed by atoms with Crippen molar-refractivity contribution in [1.82, 2.24) is 25.5 Å². The number of nitrogens with zero attached hydrogens (tertiary/aromatic N) is 4. The molecule has 0 bridgehead atoms. The van der Waals surface area contributed by atoms with Gasteiger partial charge in [0.25, 0.3) is 0 Å². The quantitative estimate of drug-likeness (QED) is 0.719. The minimum absolute atomic E-state index is 0.386. The van der Waals surface area contributed by atoms with Crippen LogP contribution in [0.5, 0.6) is 0 Å². The maximum Gasteiger partial charge on any atom is 0.176 e. The van der Waals surface area contributed by atoms with Gasteiger partial charge < -0.3 is 10.1 Å². The summed E-state index contributed by atoms with van der Waals surface area (Å²) in [7, 11) is 3.75. The van der Waals surface area contributed by atoms with Gasteiger partial charge in [-0.15, -0.1) is 10.2 Å². The lowest BCUT2D eigenvalue weighted by Crippen LogP contribution is -2.36. The molecule has 2 atom stereocenters. The van der Waals surface area contributed by atoms with Gasteiger partial charge in [-0.1, -0.05) is 0 Å². The summed E-state index contributed by atoms with van der Waals surface area (Å²) in [6.45, 7) is 1.71. The molecule has 0 aliphatic carbocycles. The number of ether oxygens (including phenoxy) is 1. The van der Waals surface area contributed by atoms with Crippen LogP contribution in [0.4, 0.5) is 0 Å². The lowest BCUT2D eigenvalue weighted by atomic mass is 9.96. The molecule has 0 amide bonds. The minimum atomic E-state index is 0.386. The van der Waals surface area contributed by atoms with Crippen molar-refractivity contribution in [2.45, 2.75) is 18.9 Å². The summed E-state index contributed by atoms with van der Waals surface area (Å²) in [5.74, 6) is 1.36. The van der Waals surface area contributed by atoms with Crippen LogP contribution in [-0.2, 0) is 18.2 Å². The third kappa shape index (κ3) is 2.51. The Morgan fingerprint density at radius 3 is 3.07 bits per heavy atom. The van der Waals surface area contributed by atoms with Crippen LogP contribution in [0.15, 0.2) is 0 Å². The second-order valence-electron chi connectivity index (χ2n) is 3.92. The Kier molecular flexibility index (Phi) is 3.27. The maximum atomic E-state index is 5.38. The first kappa shape index (κ1) is 10.5. The van der Waals surface area contributed by atoms with Crippen LogP contribution in [0.25, 0.3) is 0 Å². The second-order valence-corrected chi connectivity index (χ2v) is 3.92. The fraction of sp³-hybridized carbons (Fsp3) is 0.889. The first-order valence-corrected chi connectivity index (χ1v) is 5.27. The molecule has 15 heavy (non-hydrogen) atoms. The first-order chi connectivity index (χ1) is 7.29. The third-order valence-electron chi connectivity index (χ3n) is 2.86. The minimum Gasteiger partial charge on any atom is -0.381 e. The summed E-state index contributed by atoms with van der Waals surface area (Å²) in [4.78, 5) is 1.49. The number of tetrazole rings is 1. The van der Waals surface area contributed by atoms with E-state index < -0.39 is 0 Å². The first-order valence-electron chi connectivity index (χ1n) is 5.27. The summed E-state index contributed by atoms with van der Waals surface area (Å²) < 4.78 is 5.38. The van der Waals surface area contributed by atoms with Gasteiger partial charge in [-0.05, 0) is 18.7 Å². The van der Waals surface area contributed by atoms with Crippen LogP contribution in [0.3, 0.4) is 0 Å². The molecular formula is C9H17N5O. The van der Waals surface area contributed by atoms with Gasteiger partial charge in [0.05, 0.1) is 13.7 Å². The highest BCUT2D eigenvalue weighted by Gasteiger charge is 2.25. The van der Waals surface area contributed by atoms with Crippen molar-refractivity contribution in [3.05, 3.63) is 5.82 Å². The zero-order valence-electron chi connectivity index (χ0n) is 9.18. The summed E-state index contributed by atoms with van der Waals surface area (Å²) in [5, 5.41) is 15.3. The molecule has 1 fully saturated rings. The molecule has 2 heterocycles. The molecule has 1 aromatic heterocycles. The van der Waals surface area contributed by atoms with E-state index in [0.29, 0.717) is 12.0 Å². The average Bonchev–Trinajstić information content (AvgIpc) is 2.85. The molecule has 1 aromatic rings. The Morgan fingerprint density at radius 1 is 1.67 bits per heavy atom. The second kappa shape index (κ2) is 4.67. The molecule has 6 heteroatoms. The molecule has 84 valence electrons. The third-order valence-corrected chi connectivity index (χ3v) is 2.86. The topological polar surface area (TPSA) is 64.9 Å². The predicted octanol–water partition coefficient (Wildman–Crippen LogP) is -0.623. The normalized spacial score (nSPS) is 23.2. The van der Waals surface area contributed by atoms with Crippen molar-refractivity contribution < 1.29 is 4.74 Å². The Labute approximate surface area is 89.0 Å². The van der Waals surface area contributed by atoms with Crippen molar-refractivity contribution in [3.8, 4) is 0 Å². The number of likely N-dealkylation sites (N-methyl/N-ethyl adjacent to an activating group) is 1. The van der Waals surface area contributed by atoms with Crippen LogP contribution in [0, 0.1) is 5.92 Å². The summed E-state index contributed by atoms with van der Waals surface area (Å²) in [6.07, 6.45) is 1.93. The van der Waals surface area contributed by atoms with Crippen LogP contribution in [0.1, 0.15) is 12.2 Å². The molecule has 1 aliphatic rings. The van der Waals surface area contributed by atoms with Gasteiger partial charge >= 0.3 is 0 Å². The number of hydrogen-bond donors (Lipinski definition) is 1. The van der Waals surface area contributed by atoms with Crippen molar-refractivity contribution >= 4 is 0 Å². The zero-order valence-corrected chi connectivity index (χ0v) is 9.18. The Bertz CT molecular complexity index is 307. The summed E-state index contributed by atoms with van der Waals surface area (Å²) in [5.41, 5.74) is 0. The molecule has 2 unspecified atom stereocenters. The molecule has 6 nitrogen and oxygen atoms in total. The number of rotatable bonds is 4. The lowest BCUT2D eigenvalue weighted by molar-refractivity contribution is 0.177. The SMILES string of the molecule is CNC(Cc1nnn(C)n1)C1CCOC1. The molecule has 1 aliphatic heterocycles. The van der Waals surface area contributed by atoms with Gasteiger partial charge in [0, 0.05) is 25.0 Å². The molecule has 0 radical (unpaired) electrons. The summed E-state index contributed by atoms with van der Waals surface area (Å²) >= 11 is 0. The average molecular weight is 211 g/mol. The monoisotopic (exact) mass is 211 g/mol. The van der Waals surface area contributed by atoms with Crippen LogP contribution in [0.2, 0.25) is 0 Å². The molecule has 1 N–H and O–H groups in total. The standard InChI is InChI=1S/C9H17N5O/c1-10-8(7-3-4-15-6-7)5-9-11-13-14(2)12-9/h7-8,10H,3-6H2,1-2H3. The van der Waals surface area contributed by atoms with Crippen LogP contribution >= 0.6 is 0 Å². The van der Waals surface area contributed by atoms with E-state index in [9.17, 15) is 0 Å². The van der Waals surface area contributed by atoms with Gasteiger partial charge in [-0.3, -0.25) is 0 Å². The number of hydrogen-bond acceptors (Lipinski definition) is 5. The van der Waals surface area contributed by atoms with E-state index in [4.69, 9.17) is 4.74 Å². The Hall–Kier alpha value is -1.01. The van der Waals surface area contributed by atoms with Gasteiger partial charge in [-0.25, -0.2) is 0 Å². The van der Waals surface area contributed by atoms with Gasteiger partial charge in [0.15, 0.2) is 5.82 Å². The van der Waals surface area contributed by atoms with E-state index in [1.165, 1.54) is 4.80 Å². The van der Waals surface area contributed by atoms with E-state index in [2.05, 4.69) is 20.7 Å². The van der Waals surface area contributed by atoms with Crippen molar-refractivity contribution in [2.75, 3.05) is 20.3 Å². The lowest BCUT2D eigenvalue weighted by Gasteiger charge is -2.19. The highest BCUT2D eigenvalue weighted by atomic mass is 16.5. The molecule has 1 saturated heterocycles. The van der Waals surface area contributed by atoms with E-state index >= 15 is 0 Å². The Balaban J connectivity index is 1.95. The molecule has 0 saturated carbocycles. The number of nitrogens with one attached hydrogen (secondary N) is 1. The fourth-order valence-corrected chi connectivity index (χ4v) is 1.98. The highest BCUT2D eigenvalue weighted by Crippen LogP contribution is 2.18. The van der Waals surface area contributed by atoms with Crippen LogP contribution < -0.4 is 5.32 Å². The number of aromatic nitrogens is 4. The van der Waals surface area contributed by atoms with Crippen molar-refractivity contribution in [2.24, 2.45) is 13.0 Å². The smallest absolute Gasteiger partial charge is 0.176 e. The largest absolute Gasteiger partial charge is 0.381 e. The molecule has 0 spiro atoms. The molecule has 2 rings (SSSR count). The van der Waals surface area contributed by atoms with Crippen LogP contribution in [-0.4, -0.2) is 46.5 Å². The Morgan fingerprint density at radius 2 is 2.53 bits per heavy atom. The highest BCUT2D eigenvalue weighted by molar-refractivity contribution is 4.88. The predicted molar refractivity (Wildman–Crippen MR) is 54.3 cm³/mol. The maximum absolute atomic E-state index is 5.38. The molecule has 0 aromatic carbocycles. The van der Waals surface area contributed by atoms with E-state index in [0.717, 1.165) is 31.9 Å². The summed E-state index contributed by atoms with van der Waals surface area (Å²) in [6, 6.07) is 0.386. The van der Waals surface area contributed by atoms with E-state index in [1.807, 2.05) is 7.05 Å². The fourth-order valence-electron chi connectivity index (χ4n) is 1.98.